The smallest absolute Gasteiger partial charge is 0.161 e. The number of rotatable bonds is 0. The molecule has 0 bridgehead atoms. The summed E-state index contributed by atoms with van der Waals surface area (Å²) in [6.45, 7) is 0. The molecule has 2 rings (SSSR count). The summed E-state index contributed by atoms with van der Waals surface area (Å²) in [4.78, 5) is 0. The molecule has 0 atom stereocenters. The zero-order valence-electron chi connectivity index (χ0n) is 6.25. The Morgan fingerprint density at radius 1 is 1.25 bits per heavy atom. The topological polar surface area (TPSA) is 30.7 Å². The molecule has 1 aromatic carbocycles. The fourth-order valence-corrected chi connectivity index (χ4v) is 1.03. The lowest BCUT2D eigenvalue weighted by Gasteiger charge is -1.93. The summed E-state index contributed by atoms with van der Waals surface area (Å²) in [6, 6.07) is 2.10. The van der Waals surface area contributed by atoms with E-state index < -0.39 is 11.6 Å². The van der Waals surface area contributed by atoms with Gasteiger partial charge >= 0.3 is 0 Å². The van der Waals surface area contributed by atoms with Gasteiger partial charge in [0.25, 0.3) is 0 Å². The molecule has 0 saturated heterocycles. The van der Waals surface area contributed by atoms with Gasteiger partial charge in [-0.2, -0.15) is 0 Å². The van der Waals surface area contributed by atoms with Gasteiger partial charge in [-0.25, -0.2) is 13.5 Å². The standard InChI is InChI=1S/C7H5F2N3/c1-12-7-3-5(9)4(8)2-6(7)10-11-12/h2-3H,1H3. The second-order valence-electron chi connectivity index (χ2n) is 2.47. The van der Waals surface area contributed by atoms with Crippen molar-refractivity contribution in [3.8, 4) is 0 Å². The number of hydrogen-bond acceptors (Lipinski definition) is 2. The van der Waals surface area contributed by atoms with Crippen molar-refractivity contribution in [2.45, 2.75) is 0 Å². The molecule has 0 saturated carbocycles. The van der Waals surface area contributed by atoms with Crippen LogP contribution in [0.4, 0.5) is 8.78 Å². The number of aryl methyl sites for hydroxylation is 1. The first-order chi connectivity index (χ1) is 5.68. The summed E-state index contributed by atoms with van der Waals surface area (Å²) in [5.74, 6) is -1.78. The average molecular weight is 169 g/mol. The third kappa shape index (κ3) is 0.861. The first-order valence-electron chi connectivity index (χ1n) is 3.33. The van der Waals surface area contributed by atoms with Gasteiger partial charge in [0.1, 0.15) is 5.52 Å². The SMILES string of the molecule is Cn1nnc2cc(F)c(F)cc21. The minimum absolute atomic E-state index is 0.358. The first kappa shape index (κ1) is 7.15. The normalized spacial score (nSPS) is 10.9. The summed E-state index contributed by atoms with van der Waals surface area (Å²) < 4.78 is 26.7. The average Bonchev–Trinajstić information content (AvgIpc) is 2.35. The van der Waals surface area contributed by atoms with Crippen LogP contribution in [0.5, 0.6) is 0 Å². The van der Waals surface area contributed by atoms with Crippen molar-refractivity contribution in [2.75, 3.05) is 0 Å². The number of hydrogen-bond donors (Lipinski definition) is 0. The summed E-state index contributed by atoms with van der Waals surface area (Å²) >= 11 is 0. The molecule has 2 aromatic rings. The van der Waals surface area contributed by atoms with Crippen LogP contribution < -0.4 is 0 Å². The van der Waals surface area contributed by atoms with E-state index in [-0.39, 0.29) is 0 Å². The van der Waals surface area contributed by atoms with E-state index in [9.17, 15) is 8.78 Å². The van der Waals surface area contributed by atoms with Gasteiger partial charge in [-0.3, -0.25) is 0 Å². The molecule has 1 aromatic heterocycles. The van der Waals surface area contributed by atoms with Crippen molar-refractivity contribution >= 4 is 11.0 Å². The molecule has 1 heterocycles. The third-order valence-electron chi connectivity index (χ3n) is 1.65. The van der Waals surface area contributed by atoms with Crippen LogP contribution in [0.25, 0.3) is 11.0 Å². The van der Waals surface area contributed by atoms with E-state index in [1.807, 2.05) is 0 Å². The summed E-state index contributed by atoms with van der Waals surface area (Å²) in [6.07, 6.45) is 0. The van der Waals surface area contributed by atoms with E-state index in [1.54, 1.807) is 7.05 Å². The molecule has 0 fully saturated rings. The molecule has 3 nitrogen and oxygen atoms in total. The quantitative estimate of drug-likeness (QED) is 0.594. The van der Waals surface area contributed by atoms with E-state index in [2.05, 4.69) is 10.3 Å². The lowest BCUT2D eigenvalue weighted by Crippen LogP contribution is -1.90. The van der Waals surface area contributed by atoms with E-state index in [0.29, 0.717) is 11.0 Å². The number of fused-ring (bicyclic) bond motifs is 1. The summed E-state index contributed by atoms with van der Waals surface area (Å²) in [5.41, 5.74) is 0.838. The van der Waals surface area contributed by atoms with Gasteiger partial charge in [0, 0.05) is 19.2 Å². The highest BCUT2D eigenvalue weighted by atomic mass is 19.2. The molecule has 5 heteroatoms. The fraction of sp³-hybridized carbons (Fsp3) is 0.143. The van der Waals surface area contributed by atoms with Gasteiger partial charge in [0.05, 0.1) is 5.52 Å². The van der Waals surface area contributed by atoms with Gasteiger partial charge in [-0.05, 0) is 0 Å². The van der Waals surface area contributed by atoms with Crippen LogP contribution in [0.3, 0.4) is 0 Å². The van der Waals surface area contributed by atoms with Crippen LogP contribution >= 0.6 is 0 Å². The third-order valence-corrected chi connectivity index (χ3v) is 1.65. The predicted octanol–water partition coefficient (Wildman–Crippen LogP) is 1.25. The van der Waals surface area contributed by atoms with Gasteiger partial charge in [-0.1, -0.05) is 5.21 Å². The van der Waals surface area contributed by atoms with Crippen molar-refractivity contribution in [1.82, 2.24) is 15.0 Å². The molecule has 12 heavy (non-hydrogen) atoms. The minimum Gasteiger partial charge on any atom is -0.248 e. The monoisotopic (exact) mass is 169 g/mol. The fourth-order valence-electron chi connectivity index (χ4n) is 1.03. The van der Waals surface area contributed by atoms with E-state index in [1.165, 1.54) is 4.68 Å². The highest BCUT2D eigenvalue weighted by Crippen LogP contribution is 2.14. The number of nitrogens with zero attached hydrogens (tertiary/aromatic N) is 3. The van der Waals surface area contributed by atoms with Crippen molar-refractivity contribution in [3.63, 3.8) is 0 Å². The Kier molecular flexibility index (Phi) is 1.33. The summed E-state index contributed by atoms with van der Waals surface area (Å²) in [5, 5.41) is 7.24. The maximum absolute atomic E-state index is 12.7. The van der Waals surface area contributed by atoms with Crippen molar-refractivity contribution in [2.24, 2.45) is 7.05 Å². The van der Waals surface area contributed by atoms with Gasteiger partial charge in [0.15, 0.2) is 11.6 Å². The second-order valence-corrected chi connectivity index (χ2v) is 2.47. The first-order valence-corrected chi connectivity index (χ1v) is 3.33. The molecule has 0 radical (unpaired) electrons. The van der Waals surface area contributed by atoms with Crippen LogP contribution in [0.2, 0.25) is 0 Å². The Labute approximate surface area is 66.6 Å². The molecule has 0 amide bonds. The maximum atomic E-state index is 12.7. The van der Waals surface area contributed by atoms with E-state index in [4.69, 9.17) is 0 Å². The molecule has 0 spiro atoms. The molecular formula is C7H5F2N3. The zero-order chi connectivity index (χ0) is 8.72. The number of aromatic nitrogens is 3. The highest BCUT2D eigenvalue weighted by Gasteiger charge is 2.07. The van der Waals surface area contributed by atoms with Crippen LogP contribution in [0, 0.1) is 11.6 Å². The Hall–Kier alpha value is -1.52. The molecule has 62 valence electrons. The molecule has 0 unspecified atom stereocenters. The van der Waals surface area contributed by atoms with E-state index in [0.717, 1.165) is 12.1 Å². The molecular weight excluding hydrogens is 164 g/mol. The molecule has 0 aliphatic carbocycles. The van der Waals surface area contributed by atoms with E-state index >= 15 is 0 Å². The largest absolute Gasteiger partial charge is 0.248 e. The maximum Gasteiger partial charge on any atom is 0.161 e. The molecule has 0 aliphatic heterocycles. The highest BCUT2D eigenvalue weighted by molar-refractivity contribution is 5.74. The molecule has 0 aliphatic rings. The Balaban J connectivity index is 2.87. The van der Waals surface area contributed by atoms with Gasteiger partial charge in [-0.15, -0.1) is 5.10 Å². The predicted molar refractivity (Wildman–Crippen MR) is 38.4 cm³/mol. The lowest BCUT2D eigenvalue weighted by molar-refractivity contribution is 0.510. The number of benzene rings is 1. The van der Waals surface area contributed by atoms with Crippen molar-refractivity contribution in [3.05, 3.63) is 23.8 Å². The second kappa shape index (κ2) is 2.23. The zero-order valence-corrected chi connectivity index (χ0v) is 6.25. The Morgan fingerprint density at radius 2 is 1.92 bits per heavy atom. The summed E-state index contributed by atoms with van der Waals surface area (Å²) in [7, 11) is 1.62. The van der Waals surface area contributed by atoms with Crippen LogP contribution in [0.15, 0.2) is 12.1 Å². The van der Waals surface area contributed by atoms with Crippen LogP contribution in [0.1, 0.15) is 0 Å². The number of halogens is 2. The van der Waals surface area contributed by atoms with Gasteiger partial charge < -0.3 is 0 Å². The van der Waals surface area contributed by atoms with Crippen LogP contribution in [-0.2, 0) is 7.05 Å². The van der Waals surface area contributed by atoms with Crippen LogP contribution in [-0.4, -0.2) is 15.0 Å². The van der Waals surface area contributed by atoms with Gasteiger partial charge in [0.2, 0.25) is 0 Å². The van der Waals surface area contributed by atoms with Crippen molar-refractivity contribution < 1.29 is 8.78 Å². The Morgan fingerprint density at radius 3 is 2.67 bits per heavy atom. The van der Waals surface area contributed by atoms with Crippen molar-refractivity contribution in [1.29, 1.82) is 0 Å². The Bertz CT molecular complexity index is 435. The lowest BCUT2D eigenvalue weighted by atomic mass is 10.3. The minimum atomic E-state index is -0.900. The molecule has 0 N–H and O–H groups in total.